The Bertz CT molecular complexity index is 458. The van der Waals surface area contributed by atoms with Crippen molar-refractivity contribution in [2.75, 3.05) is 23.4 Å². The van der Waals surface area contributed by atoms with Crippen molar-refractivity contribution in [1.29, 1.82) is 0 Å². The number of anilines is 1. The summed E-state index contributed by atoms with van der Waals surface area (Å²) in [6.45, 7) is 0.567. The molecule has 1 aromatic rings. The average molecular weight is 244 g/mol. The van der Waals surface area contributed by atoms with Crippen LogP contribution in [0.25, 0.3) is 0 Å². The molecule has 0 radical (unpaired) electrons. The first-order chi connectivity index (χ1) is 7.55. The minimum Gasteiger partial charge on any atom is -0.370 e. The Kier molecular flexibility index (Phi) is 3.09. The molecule has 0 aromatic carbocycles. The summed E-state index contributed by atoms with van der Waals surface area (Å²) in [5.74, 6) is 0.841. The SMILES string of the molecule is O=S1(=O)CCC(CNc2ccc(F)cn2)C1. The van der Waals surface area contributed by atoms with Gasteiger partial charge in [0.1, 0.15) is 11.6 Å². The Balaban J connectivity index is 1.87. The number of rotatable bonds is 3. The van der Waals surface area contributed by atoms with E-state index >= 15 is 0 Å². The van der Waals surface area contributed by atoms with Crippen LogP contribution in [0, 0.1) is 11.7 Å². The Hall–Kier alpha value is -1.17. The summed E-state index contributed by atoms with van der Waals surface area (Å²) in [7, 11) is -2.83. The van der Waals surface area contributed by atoms with E-state index in [1.807, 2.05) is 0 Å². The Morgan fingerprint density at radius 2 is 2.31 bits per heavy atom. The topological polar surface area (TPSA) is 59.1 Å². The van der Waals surface area contributed by atoms with Crippen LogP contribution in [0.5, 0.6) is 0 Å². The Labute approximate surface area is 93.8 Å². The van der Waals surface area contributed by atoms with Crippen LogP contribution >= 0.6 is 0 Å². The number of sulfone groups is 1. The van der Waals surface area contributed by atoms with Crippen LogP contribution in [0.4, 0.5) is 10.2 Å². The van der Waals surface area contributed by atoms with Crippen LogP contribution in [0.15, 0.2) is 18.3 Å². The molecule has 1 atom stereocenters. The van der Waals surface area contributed by atoms with Crippen LogP contribution < -0.4 is 5.32 Å². The summed E-state index contributed by atoms with van der Waals surface area (Å²) in [6.07, 6.45) is 1.82. The second-order valence-corrected chi connectivity index (χ2v) is 6.24. The molecule has 88 valence electrons. The van der Waals surface area contributed by atoms with Gasteiger partial charge in [-0.05, 0) is 24.5 Å². The van der Waals surface area contributed by atoms with Crippen molar-refractivity contribution in [2.24, 2.45) is 5.92 Å². The first-order valence-corrected chi connectivity index (χ1v) is 6.93. The van der Waals surface area contributed by atoms with Crippen molar-refractivity contribution in [2.45, 2.75) is 6.42 Å². The van der Waals surface area contributed by atoms with Gasteiger partial charge in [-0.3, -0.25) is 0 Å². The van der Waals surface area contributed by atoms with E-state index in [1.54, 1.807) is 6.07 Å². The van der Waals surface area contributed by atoms with Crippen molar-refractivity contribution in [3.63, 3.8) is 0 Å². The summed E-state index contributed by atoms with van der Waals surface area (Å²) >= 11 is 0. The second kappa shape index (κ2) is 4.37. The highest BCUT2D eigenvalue weighted by Crippen LogP contribution is 2.18. The highest BCUT2D eigenvalue weighted by molar-refractivity contribution is 7.91. The van der Waals surface area contributed by atoms with Gasteiger partial charge in [0.15, 0.2) is 9.84 Å². The van der Waals surface area contributed by atoms with Crippen molar-refractivity contribution >= 4 is 15.7 Å². The van der Waals surface area contributed by atoms with Gasteiger partial charge in [-0.1, -0.05) is 0 Å². The number of halogens is 1. The molecule has 1 aliphatic rings. The molecule has 0 bridgehead atoms. The van der Waals surface area contributed by atoms with Gasteiger partial charge >= 0.3 is 0 Å². The molecule has 0 spiro atoms. The van der Waals surface area contributed by atoms with E-state index in [1.165, 1.54) is 6.07 Å². The lowest BCUT2D eigenvalue weighted by atomic mass is 10.1. The van der Waals surface area contributed by atoms with Crippen molar-refractivity contribution < 1.29 is 12.8 Å². The fraction of sp³-hybridized carbons (Fsp3) is 0.500. The van der Waals surface area contributed by atoms with Gasteiger partial charge < -0.3 is 5.32 Å². The maximum Gasteiger partial charge on any atom is 0.150 e. The highest BCUT2D eigenvalue weighted by atomic mass is 32.2. The fourth-order valence-electron chi connectivity index (χ4n) is 1.76. The van der Waals surface area contributed by atoms with Gasteiger partial charge in [-0.2, -0.15) is 0 Å². The van der Waals surface area contributed by atoms with E-state index in [-0.39, 0.29) is 23.2 Å². The van der Waals surface area contributed by atoms with E-state index in [2.05, 4.69) is 10.3 Å². The van der Waals surface area contributed by atoms with Crippen LogP contribution in [0.2, 0.25) is 0 Å². The molecule has 1 aliphatic heterocycles. The van der Waals surface area contributed by atoms with Crippen LogP contribution in [0.3, 0.4) is 0 Å². The van der Waals surface area contributed by atoms with Gasteiger partial charge in [-0.15, -0.1) is 0 Å². The van der Waals surface area contributed by atoms with Gasteiger partial charge in [-0.25, -0.2) is 17.8 Å². The number of hydrogen-bond acceptors (Lipinski definition) is 4. The number of aromatic nitrogens is 1. The molecule has 4 nitrogen and oxygen atoms in total. The normalized spacial score (nSPS) is 23.2. The lowest BCUT2D eigenvalue weighted by molar-refractivity contribution is 0.595. The minimum atomic E-state index is -2.83. The molecule has 2 rings (SSSR count). The fourth-order valence-corrected chi connectivity index (χ4v) is 3.62. The zero-order chi connectivity index (χ0) is 11.6. The molecule has 1 saturated heterocycles. The van der Waals surface area contributed by atoms with Crippen LogP contribution in [-0.2, 0) is 9.84 Å². The lowest BCUT2D eigenvalue weighted by Gasteiger charge is -2.09. The second-order valence-electron chi connectivity index (χ2n) is 4.01. The summed E-state index contributed by atoms with van der Waals surface area (Å²) in [6, 6.07) is 2.86. The summed E-state index contributed by atoms with van der Waals surface area (Å²) < 4.78 is 35.0. The third-order valence-electron chi connectivity index (χ3n) is 2.63. The number of hydrogen-bond donors (Lipinski definition) is 1. The Morgan fingerprint density at radius 1 is 1.50 bits per heavy atom. The molecule has 0 amide bonds. The quantitative estimate of drug-likeness (QED) is 0.864. The van der Waals surface area contributed by atoms with E-state index in [4.69, 9.17) is 0 Å². The van der Waals surface area contributed by atoms with E-state index in [9.17, 15) is 12.8 Å². The maximum atomic E-state index is 12.6. The monoisotopic (exact) mass is 244 g/mol. The Morgan fingerprint density at radius 3 is 2.88 bits per heavy atom. The van der Waals surface area contributed by atoms with Crippen LogP contribution in [0.1, 0.15) is 6.42 Å². The lowest BCUT2D eigenvalue weighted by Crippen LogP contribution is -2.16. The van der Waals surface area contributed by atoms with Gasteiger partial charge in [0, 0.05) is 6.54 Å². The standard InChI is InChI=1S/C10H13FN2O2S/c11-9-1-2-10(13-6-9)12-5-8-3-4-16(14,15)7-8/h1-2,6,8H,3-5,7H2,(H,12,13). The molecule has 6 heteroatoms. The highest BCUT2D eigenvalue weighted by Gasteiger charge is 2.27. The van der Waals surface area contributed by atoms with Gasteiger partial charge in [0.2, 0.25) is 0 Å². The molecule has 0 saturated carbocycles. The third kappa shape index (κ3) is 2.91. The summed E-state index contributed by atoms with van der Waals surface area (Å²) in [4.78, 5) is 3.84. The van der Waals surface area contributed by atoms with Crippen molar-refractivity contribution in [3.8, 4) is 0 Å². The molecular formula is C10H13FN2O2S. The first kappa shape index (κ1) is 11.3. The molecule has 1 fully saturated rings. The van der Waals surface area contributed by atoms with Crippen LogP contribution in [-0.4, -0.2) is 31.5 Å². The van der Waals surface area contributed by atoms with Crippen molar-refractivity contribution in [3.05, 3.63) is 24.1 Å². The smallest absolute Gasteiger partial charge is 0.150 e. The molecule has 16 heavy (non-hydrogen) atoms. The minimum absolute atomic E-state index is 0.136. The molecule has 1 N–H and O–H groups in total. The third-order valence-corrected chi connectivity index (χ3v) is 4.46. The number of nitrogens with one attached hydrogen (secondary N) is 1. The molecular weight excluding hydrogens is 231 g/mol. The number of nitrogens with zero attached hydrogens (tertiary/aromatic N) is 1. The largest absolute Gasteiger partial charge is 0.370 e. The summed E-state index contributed by atoms with van der Waals surface area (Å²) in [5, 5.41) is 3.01. The number of pyridine rings is 1. The predicted octanol–water partition coefficient (Wildman–Crippen LogP) is 1.07. The van der Waals surface area contributed by atoms with E-state index < -0.39 is 9.84 Å². The van der Waals surface area contributed by atoms with Gasteiger partial charge in [0.25, 0.3) is 0 Å². The van der Waals surface area contributed by atoms with E-state index in [0.717, 1.165) is 6.20 Å². The summed E-state index contributed by atoms with van der Waals surface area (Å²) in [5.41, 5.74) is 0. The zero-order valence-electron chi connectivity index (χ0n) is 8.69. The average Bonchev–Trinajstić information content (AvgIpc) is 2.58. The molecule has 0 aliphatic carbocycles. The molecule has 2 heterocycles. The maximum absolute atomic E-state index is 12.6. The molecule has 1 aromatic heterocycles. The predicted molar refractivity (Wildman–Crippen MR) is 59.4 cm³/mol. The van der Waals surface area contributed by atoms with Gasteiger partial charge in [0.05, 0.1) is 17.7 Å². The van der Waals surface area contributed by atoms with Crippen molar-refractivity contribution in [1.82, 2.24) is 4.98 Å². The molecule has 1 unspecified atom stereocenters. The van der Waals surface area contributed by atoms with E-state index in [0.29, 0.717) is 18.8 Å². The first-order valence-electron chi connectivity index (χ1n) is 5.11. The zero-order valence-corrected chi connectivity index (χ0v) is 9.50.